The molecule has 2 rings (SSSR count). The fraction of sp³-hybridized carbons (Fsp3) is 0.385. The smallest absolute Gasteiger partial charge is 0.335 e. The molecule has 0 unspecified atom stereocenters. The Morgan fingerprint density at radius 1 is 1.24 bits per heavy atom. The summed E-state index contributed by atoms with van der Waals surface area (Å²) in [6, 6.07) is -1.18. The number of hydrazine groups is 1. The summed E-state index contributed by atoms with van der Waals surface area (Å²) in [5.41, 5.74) is 2.70. The summed E-state index contributed by atoms with van der Waals surface area (Å²) in [6.07, 6.45) is 1.10. The van der Waals surface area contributed by atoms with E-state index in [9.17, 15) is 13.2 Å². The standard InChI is InChI=1S/C13H19N9O5S2/c1-7-16-11(19-13(17-7)26-4)18-12(23)21-29(24,25)8-9(20-22(2)3)14-5-15-10(8)27-6-28/h5,28H,6H2,1-4H3,(H,14,15,20)(H2,16,17,18,19,21,23). The SMILES string of the molecule is COc1nc(C)nc(NC(=O)NS(=O)(=O)c2c(NN(C)C)ncnc2OCS)n1. The molecule has 0 aliphatic carbocycles. The molecule has 2 amide bonds. The Balaban J connectivity index is 2.33. The number of rotatable bonds is 8. The minimum Gasteiger partial charge on any atom is -0.467 e. The van der Waals surface area contributed by atoms with Crippen molar-refractivity contribution in [1.82, 2.24) is 34.7 Å². The highest BCUT2D eigenvalue weighted by atomic mass is 32.2. The van der Waals surface area contributed by atoms with Gasteiger partial charge in [-0.2, -0.15) is 15.0 Å². The molecule has 2 aromatic rings. The largest absolute Gasteiger partial charge is 0.467 e. The van der Waals surface area contributed by atoms with Crippen molar-refractivity contribution >= 4 is 40.4 Å². The van der Waals surface area contributed by atoms with Crippen molar-refractivity contribution in [2.45, 2.75) is 11.8 Å². The normalized spacial score (nSPS) is 11.1. The minimum atomic E-state index is -4.47. The lowest BCUT2D eigenvalue weighted by Gasteiger charge is -2.17. The topological polar surface area (TPSA) is 173 Å². The number of thiol groups is 1. The number of aromatic nitrogens is 5. The first-order valence-corrected chi connectivity index (χ1v) is 9.91. The molecular formula is C13H19N9O5S2. The van der Waals surface area contributed by atoms with E-state index in [-0.39, 0.29) is 35.4 Å². The number of anilines is 2. The third-order valence-corrected chi connectivity index (χ3v) is 4.42. The Morgan fingerprint density at radius 3 is 2.59 bits per heavy atom. The molecule has 0 aliphatic heterocycles. The molecule has 0 saturated carbocycles. The van der Waals surface area contributed by atoms with Crippen LogP contribution in [0.5, 0.6) is 11.9 Å². The van der Waals surface area contributed by atoms with Gasteiger partial charge >= 0.3 is 12.0 Å². The lowest BCUT2D eigenvalue weighted by atomic mass is 10.5. The second-order valence-electron chi connectivity index (χ2n) is 5.39. The maximum atomic E-state index is 12.8. The fourth-order valence-electron chi connectivity index (χ4n) is 1.96. The lowest BCUT2D eigenvalue weighted by molar-refractivity contribution is 0.256. The van der Waals surface area contributed by atoms with Crippen LogP contribution in [0.25, 0.3) is 0 Å². The predicted molar refractivity (Wildman–Crippen MR) is 104 cm³/mol. The third kappa shape index (κ3) is 6.00. The molecule has 0 spiro atoms. The number of hydrogen-bond acceptors (Lipinski definition) is 13. The number of ether oxygens (including phenoxy) is 2. The van der Waals surface area contributed by atoms with Crippen molar-refractivity contribution in [1.29, 1.82) is 0 Å². The second kappa shape index (κ2) is 9.48. The average Bonchev–Trinajstić information content (AvgIpc) is 2.60. The molecule has 0 fully saturated rings. The maximum absolute atomic E-state index is 12.8. The van der Waals surface area contributed by atoms with Gasteiger partial charge in [-0.3, -0.25) is 5.32 Å². The summed E-state index contributed by atoms with van der Waals surface area (Å²) in [6.45, 7) is 1.55. The molecule has 0 aromatic carbocycles. The number of amides is 2. The number of sulfonamides is 1. The average molecular weight is 445 g/mol. The van der Waals surface area contributed by atoms with Crippen LogP contribution in [-0.2, 0) is 10.0 Å². The van der Waals surface area contributed by atoms with Gasteiger partial charge in [-0.15, -0.1) is 12.6 Å². The summed E-state index contributed by atoms with van der Waals surface area (Å²) in [4.78, 5) is 31.0. The molecule has 3 N–H and O–H groups in total. The monoisotopic (exact) mass is 445 g/mol. The van der Waals surface area contributed by atoms with Crippen LogP contribution in [0.4, 0.5) is 16.6 Å². The highest BCUT2D eigenvalue weighted by Gasteiger charge is 2.29. The molecule has 158 valence electrons. The van der Waals surface area contributed by atoms with Gasteiger partial charge in [0.05, 0.1) is 7.11 Å². The number of nitrogens with zero attached hydrogens (tertiary/aromatic N) is 6. The Kier molecular flexibility index (Phi) is 7.29. The molecular weight excluding hydrogens is 426 g/mol. The Morgan fingerprint density at radius 2 is 1.97 bits per heavy atom. The first-order valence-electron chi connectivity index (χ1n) is 7.79. The Hall–Kier alpha value is -2.98. The molecule has 0 aliphatic rings. The predicted octanol–water partition coefficient (Wildman–Crippen LogP) is -0.356. The molecule has 0 radical (unpaired) electrons. The van der Waals surface area contributed by atoms with Crippen LogP contribution < -0.4 is 24.9 Å². The van der Waals surface area contributed by atoms with Crippen molar-refractivity contribution < 1.29 is 22.7 Å². The zero-order valence-corrected chi connectivity index (χ0v) is 17.6. The molecule has 0 atom stereocenters. The van der Waals surface area contributed by atoms with Gasteiger partial charge in [-0.1, -0.05) is 0 Å². The fourth-order valence-corrected chi connectivity index (χ4v) is 3.17. The summed E-state index contributed by atoms with van der Waals surface area (Å²) in [5.74, 6) is -0.507. The number of carbonyl (C=O) groups is 1. The van der Waals surface area contributed by atoms with Gasteiger partial charge < -0.3 is 14.9 Å². The third-order valence-electron chi connectivity index (χ3n) is 2.93. The number of nitrogens with one attached hydrogen (secondary N) is 3. The van der Waals surface area contributed by atoms with E-state index >= 15 is 0 Å². The van der Waals surface area contributed by atoms with E-state index in [1.54, 1.807) is 21.0 Å². The number of aryl methyl sites for hydroxylation is 1. The first kappa shape index (κ1) is 22.3. The number of hydrogen-bond donors (Lipinski definition) is 4. The van der Waals surface area contributed by atoms with E-state index in [1.807, 2.05) is 4.72 Å². The molecule has 0 bridgehead atoms. The molecule has 2 aromatic heterocycles. The summed E-state index contributed by atoms with van der Waals surface area (Å²) in [5, 5.41) is 3.65. The van der Waals surface area contributed by atoms with Crippen LogP contribution in [0.1, 0.15) is 5.82 Å². The van der Waals surface area contributed by atoms with Gasteiger partial charge in [0, 0.05) is 14.1 Å². The van der Waals surface area contributed by atoms with E-state index in [0.717, 1.165) is 6.33 Å². The second-order valence-corrected chi connectivity index (χ2v) is 7.27. The van der Waals surface area contributed by atoms with E-state index in [4.69, 9.17) is 9.47 Å². The van der Waals surface area contributed by atoms with Crippen LogP contribution in [0.3, 0.4) is 0 Å². The zero-order valence-electron chi connectivity index (χ0n) is 15.9. The number of urea groups is 1. The summed E-state index contributed by atoms with van der Waals surface area (Å²) >= 11 is 3.90. The number of methoxy groups -OCH3 is 1. The highest BCUT2D eigenvalue weighted by molar-refractivity contribution is 7.90. The van der Waals surface area contributed by atoms with Gasteiger partial charge in [-0.05, 0) is 6.92 Å². The van der Waals surface area contributed by atoms with Crippen molar-refractivity contribution in [3.8, 4) is 11.9 Å². The van der Waals surface area contributed by atoms with E-state index in [0.29, 0.717) is 0 Å². The van der Waals surface area contributed by atoms with Gasteiger partial charge in [-0.25, -0.2) is 32.9 Å². The lowest BCUT2D eigenvalue weighted by Crippen LogP contribution is -2.36. The molecule has 29 heavy (non-hydrogen) atoms. The first-order chi connectivity index (χ1) is 13.7. The maximum Gasteiger partial charge on any atom is 0.335 e. The Bertz CT molecular complexity index is 987. The van der Waals surface area contributed by atoms with Gasteiger partial charge in [0.2, 0.25) is 11.8 Å². The quantitative estimate of drug-likeness (QED) is 0.236. The molecule has 2 heterocycles. The van der Waals surface area contributed by atoms with Crippen molar-refractivity contribution in [3.05, 3.63) is 12.2 Å². The van der Waals surface area contributed by atoms with Crippen LogP contribution >= 0.6 is 12.6 Å². The van der Waals surface area contributed by atoms with Crippen LogP contribution in [0.2, 0.25) is 0 Å². The van der Waals surface area contributed by atoms with Crippen molar-refractivity contribution in [2.75, 3.05) is 37.9 Å². The highest BCUT2D eigenvalue weighted by Crippen LogP contribution is 2.27. The van der Waals surface area contributed by atoms with Crippen LogP contribution in [-0.4, -0.2) is 71.5 Å². The van der Waals surface area contributed by atoms with E-state index in [2.05, 4.69) is 48.3 Å². The van der Waals surface area contributed by atoms with E-state index < -0.39 is 20.9 Å². The van der Waals surface area contributed by atoms with Crippen molar-refractivity contribution in [3.63, 3.8) is 0 Å². The van der Waals surface area contributed by atoms with E-state index in [1.165, 1.54) is 12.1 Å². The van der Waals surface area contributed by atoms with Crippen LogP contribution in [0.15, 0.2) is 11.2 Å². The van der Waals surface area contributed by atoms with Gasteiger partial charge in [0.1, 0.15) is 18.1 Å². The number of carbonyl (C=O) groups excluding carboxylic acids is 1. The molecule has 0 saturated heterocycles. The minimum absolute atomic E-state index is 0.0472. The molecule has 14 nitrogen and oxygen atoms in total. The summed E-state index contributed by atoms with van der Waals surface area (Å²) in [7, 11) is 0.101. The summed E-state index contributed by atoms with van der Waals surface area (Å²) < 4.78 is 37.5. The van der Waals surface area contributed by atoms with Gasteiger partial charge in [0.15, 0.2) is 10.7 Å². The molecule has 16 heteroatoms. The zero-order chi connectivity index (χ0) is 21.6. The van der Waals surface area contributed by atoms with Crippen molar-refractivity contribution in [2.24, 2.45) is 0 Å². The van der Waals surface area contributed by atoms with Crippen LogP contribution in [0, 0.1) is 6.92 Å². The Labute approximate surface area is 171 Å². The van der Waals surface area contributed by atoms with Gasteiger partial charge in [0.25, 0.3) is 10.0 Å².